The number of aromatic nitrogens is 3. The molecule has 2 aromatic heterocycles. The van der Waals surface area contributed by atoms with Crippen molar-refractivity contribution < 1.29 is 14.6 Å². The van der Waals surface area contributed by atoms with Crippen LogP contribution < -0.4 is 5.73 Å². The topological polar surface area (TPSA) is 94.9 Å². The first-order valence-corrected chi connectivity index (χ1v) is 9.75. The van der Waals surface area contributed by atoms with E-state index in [1.165, 1.54) is 6.33 Å². The summed E-state index contributed by atoms with van der Waals surface area (Å²) in [5, 5.41) is 16.1. The standard InChI is InChI=1S/C22H26N4O3/c1-4-21(5-2)15(3)19(28-13-16-9-7-6-8-10-16)22(27,29-21)18-12-11-17-20(23)24-14-25-26(17)18/h4,6-12,14-15,19,27H,1,5,13H2,2-3H3,(H2,23,24,25)/t15-,19+,21+,22?/m0/s1. The number of nitrogens with zero attached hydrogens (tertiary/aromatic N) is 3. The van der Waals surface area contributed by atoms with Crippen LogP contribution in [0, 0.1) is 5.92 Å². The Kier molecular flexibility index (Phi) is 4.90. The zero-order chi connectivity index (χ0) is 20.6. The molecule has 152 valence electrons. The van der Waals surface area contributed by atoms with E-state index in [2.05, 4.69) is 16.7 Å². The van der Waals surface area contributed by atoms with Gasteiger partial charge in [-0.15, -0.1) is 6.58 Å². The van der Waals surface area contributed by atoms with Gasteiger partial charge in [0.05, 0.1) is 12.2 Å². The first-order valence-electron chi connectivity index (χ1n) is 9.75. The molecule has 4 rings (SSSR count). The van der Waals surface area contributed by atoms with Crippen molar-refractivity contribution in [3.63, 3.8) is 0 Å². The van der Waals surface area contributed by atoms with Gasteiger partial charge in [0.1, 0.15) is 23.6 Å². The number of nitrogen functional groups attached to an aromatic ring is 1. The Labute approximate surface area is 169 Å². The lowest BCUT2D eigenvalue weighted by Crippen LogP contribution is -2.41. The van der Waals surface area contributed by atoms with Crippen molar-refractivity contribution in [1.29, 1.82) is 0 Å². The molecule has 3 heterocycles. The van der Waals surface area contributed by atoms with Crippen LogP contribution in [0.2, 0.25) is 0 Å². The number of aliphatic hydroxyl groups is 1. The number of hydrogen-bond donors (Lipinski definition) is 2. The van der Waals surface area contributed by atoms with Crippen molar-refractivity contribution in [3.05, 3.63) is 72.7 Å². The summed E-state index contributed by atoms with van der Waals surface area (Å²) in [4.78, 5) is 4.02. The zero-order valence-corrected chi connectivity index (χ0v) is 16.7. The Morgan fingerprint density at radius 3 is 2.76 bits per heavy atom. The number of ether oxygens (including phenoxy) is 2. The fraction of sp³-hybridized carbons (Fsp3) is 0.364. The summed E-state index contributed by atoms with van der Waals surface area (Å²) < 4.78 is 14.2. The molecule has 0 bridgehead atoms. The average molecular weight is 394 g/mol. The van der Waals surface area contributed by atoms with Crippen molar-refractivity contribution in [2.45, 2.75) is 44.4 Å². The highest BCUT2D eigenvalue weighted by Gasteiger charge is 2.61. The monoisotopic (exact) mass is 394 g/mol. The summed E-state index contributed by atoms with van der Waals surface area (Å²) in [5.41, 5.74) is 7.30. The van der Waals surface area contributed by atoms with E-state index in [1.807, 2.05) is 44.2 Å². The van der Waals surface area contributed by atoms with Crippen LogP contribution in [0.15, 0.2) is 61.4 Å². The van der Waals surface area contributed by atoms with Crippen molar-refractivity contribution in [3.8, 4) is 0 Å². The van der Waals surface area contributed by atoms with E-state index in [4.69, 9.17) is 15.2 Å². The summed E-state index contributed by atoms with van der Waals surface area (Å²) in [7, 11) is 0. The molecule has 1 saturated heterocycles. The van der Waals surface area contributed by atoms with Crippen molar-refractivity contribution in [1.82, 2.24) is 14.6 Å². The smallest absolute Gasteiger partial charge is 0.238 e. The molecule has 29 heavy (non-hydrogen) atoms. The van der Waals surface area contributed by atoms with Crippen LogP contribution in [-0.4, -0.2) is 31.4 Å². The predicted molar refractivity (Wildman–Crippen MR) is 110 cm³/mol. The minimum atomic E-state index is -1.73. The Morgan fingerprint density at radius 1 is 1.31 bits per heavy atom. The van der Waals surface area contributed by atoms with Gasteiger partial charge in [-0.25, -0.2) is 9.50 Å². The first-order chi connectivity index (χ1) is 13.9. The molecule has 3 N–H and O–H groups in total. The van der Waals surface area contributed by atoms with Crippen LogP contribution in [0.3, 0.4) is 0 Å². The molecule has 1 fully saturated rings. The number of hydrogen-bond acceptors (Lipinski definition) is 6. The minimum absolute atomic E-state index is 0.150. The van der Waals surface area contributed by atoms with Gasteiger partial charge in [-0.3, -0.25) is 0 Å². The summed E-state index contributed by atoms with van der Waals surface area (Å²) >= 11 is 0. The van der Waals surface area contributed by atoms with Gasteiger partial charge in [0.25, 0.3) is 0 Å². The molecule has 0 aliphatic carbocycles. The lowest BCUT2D eigenvalue weighted by Gasteiger charge is -2.30. The molecule has 0 amide bonds. The lowest BCUT2D eigenvalue weighted by atomic mass is 9.83. The van der Waals surface area contributed by atoms with Gasteiger partial charge in [0, 0.05) is 5.92 Å². The van der Waals surface area contributed by atoms with Crippen LogP contribution in [0.4, 0.5) is 5.82 Å². The molecule has 3 aromatic rings. The SMILES string of the molecule is C=C[C@]1(CC)OC(O)(c2ccc3c(N)ncnn23)[C@H](OCc2ccccc2)[C@@H]1C. The molecule has 1 unspecified atom stereocenters. The highest BCUT2D eigenvalue weighted by Crippen LogP contribution is 2.50. The highest BCUT2D eigenvalue weighted by molar-refractivity contribution is 5.65. The zero-order valence-electron chi connectivity index (χ0n) is 16.7. The number of nitrogens with two attached hydrogens (primary N) is 1. The molecule has 0 saturated carbocycles. The van der Waals surface area contributed by atoms with Crippen molar-refractivity contribution >= 4 is 11.3 Å². The average Bonchev–Trinajstić information content (AvgIpc) is 3.27. The van der Waals surface area contributed by atoms with E-state index in [-0.39, 0.29) is 5.92 Å². The maximum absolute atomic E-state index is 11.8. The molecule has 1 aromatic carbocycles. The van der Waals surface area contributed by atoms with Crippen molar-refractivity contribution in [2.75, 3.05) is 5.73 Å². The molecular weight excluding hydrogens is 368 g/mol. The molecule has 1 aliphatic heterocycles. The Balaban J connectivity index is 1.78. The van der Waals surface area contributed by atoms with Gasteiger partial charge < -0.3 is 20.3 Å². The van der Waals surface area contributed by atoms with E-state index >= 15 is 0 Å². The largest absolute Gasteiger partial charge is 0.382 e. The van der Waals surface area contributed by atoms with Gasteiger partial charge in [-0.05, 0) is 24.1 Å². The fourth-order valence-electron chi connectivity index (χ4n) is 4.24. The van der Waals surface area contributed by atoms with Gasteiger partial charge >= 0.3 is 0 Å². The van der Waals surface area contributed by atoms with Crippen molar-refractivity contribution in [2.24, 2.45) is 5.92 Å². The number of benzene rings is 1. The summed E-state index contributed by atoms with van der Waals surface area (Å²) in [6.07, 6.45) is 3.11. The number of rotatable bonds is 6. The third-order valence-electron chi connectivity index (χ3n) is 5.98. The van der Waals surface area contributed by atoms with E-state index in [0.717, 1.165) is 5.56 Å². The second-order valence-electron chi connectivity index (χ2n) is 7.48. The van der Waals surface area contributed by atoms with Gasteiger partial charge in [0.15, 0.2) is 5.82 Å². The molecule has 7 nitrogen and oxygen atoms in total. The van der Waals surface area contributed by atoms with E-state index < -0.39 is 17.5 Å². The second kappa shape index (κ2) is 7.26. The molecule has 0 spiro atoms. The molecular formula is C22H26N4O3. The van der Waals surface area contributed by atoms with Crippen LogP contribution in [0.5, 0.6) is 0 Å². The lowest BCUT2D eigenvalue weighted by molar-refractivity contribution is -0.262. The minimum Gasteiger partial charge on any atom is -0.382 e. The Morgan fingerprint density at radius 2 is 2.07 bits per heavy atom. The van der Waals surface area contributed by atoms with E-state index in [1.54, 1.807) is 22.7 Å². The predicted octanol–water partition coefficient (Wildman–Crippen LogP) is 3.04. The van der Waals surface area contributed by atoms with Gasteiger partial charge in [-0.2, -0.15) is 5.10 Å². The number of fused-ring (bicyclic) bond motifs is 1. The van der Waals surface area contributed by atoms with Crippen LogP contribution in [0.25, 0.3) is 5.52 Å². The summed E-state index contributed by atoms with van der Waals surface area (Å²) in [5.74, 6) is -1.55. The Hall–Kier alpha value is -2.74. The number of anilines is 1. The third-order valence-corrected chi connectivity index (χ3v) is 5.98. The molecule has 1 aliphatic rings. The first kappa shape index (κ1) is 19.6. The van der Waals surface area contributed by atoms with E-state index in [9.17, 15) is 5.11 Å². The maximum Gasteiger partial charge on any atom is 0.238 e. The summed E-state index contributed by atoms with van der Waals surface area (Å²) in [6, 6.07) is 13.4. The van der Waals surface area contributed by atoms with Crippen LogP contribution in [-0.2, 0) is 21.9 Å². The summed E-state index contributed by atoms with van der Waals surface area (Å²) in [6.45, 7) is 8.33. The van der Waals surface area contributed by atoms with Gasteiger partial charge in [0.2, 0.25) is 5.79 Å². The maximum atomic E-state index is 11.8. The molecule has 4 atom stereocenters. The normalized spacial score (nSPS) is 29.3. The molecule has 7 heteroatoms. The molecule has 0 radical (unpaired) electrons. The van der Waals surface area contributed by atoms with E-state index in [0.29, 0.717) is 30.1 Å². The third kappa shape index (κ3) is 3.02. The highest BCUT2D eigenvalue weighted by atomic mass is 16.7. The van der Waals surface area contributed by atoms with Crippen LogP contribution >= 0.6 is 0 Å². The second-order valence-corrected chi connectivity index (χ2v) is 7.48. The fourth-order valence-corrected chi connectivity index (χ4v) is 4.24. The quantitative estimate of drug-likeness (QED) is 0.624. The Bertz CT molecular complexity index is 1020. The van der Waals surface area contributed by atoms with Crippen LogP contribution in [0.1, 0.15) is 31.5 Å². The van der Waals surface area contributed by atoms with Gasteiger partial charge in [-0.1, -0.05) is 50.3 Å².